The Kier molecular flexibility index (Phi) is 5.51. The molecule has 0 atom stereocenters. The van der Waals surface area contributed by atoms with Crippen LogP contribution < -0.4 is 0 Å². The molecule has 0 spiro atoms. The van der Waals surface area contributed by atoms with E-state index in [-0.39, 0.29) is 17.2 Å². The van der Waals surface area contributed by atoms with Gasteiger partial charge >= 0.3 is 5.97 Å². The summed E-state index contributed by atoms with van der Waals surface area (Å²) in [6.07, 6.45) is 4.87. The van der Waals surface area contributed by atoms with E-state index in [9.17, 15) is 15.2 Å². The molecule has 8 heteroatoms. The number of ether oxygens (including phenoxy) is 1. The van der Waals surface area contributed by atoms with Gasteiger partial charge in [0.05, 0.1) is 34.1 Å². The maximum absolute atomic E-state index is 13.4. The lowest BCUT2D eigenvalue weighted by molar-refractivity contribution is 0.0504. The molecule has 0 aliphatic heterocycles. The normalized spacial score (nSPS) is 14.5. The van der Waals surface area contributed by atoms with Crippen molar-refractivity contribution < 1.29 is 19.1 Å². The lowest BCUT2D eigenvalue weighted by atomic mass is 10.0. The fourth-order valence-corrected chi connectivity index (χ4v) is 4.66. The number of H-pyrrole nitrogens is 1. The van der Waals surface area contributed by atoms with E-state index < -0.39 is 12.6 Å². The second-order valence-electron chi connectivity index (χ2n) is 8.63. The van der Waals surface area contributed by atoms with Gasteiger partial charge in [0.25, 0.3) is 0 Å². The number of benzene rings is 2. The molecule has 1 aliphatic carbocycles. The second kappa shape index (κ2) is 9.13. The van der Waals surface area contributed by atoms with Crippen LogP contribution in [0.4, 0.5) is 0 Å². The average Bonchev–Trinajstić information content (AvgIpc) is 3.67. The summed E-state index contributed by atoms with van der Waals surface area (Å²) >= 11 is 0. The highest BCUT2D eigenvalue weighted by Crippen LogP contribution is 2.38. The zero-order chi connectivity index (χ0) is 25.4. The fourth-order valence-electron chi connectivity index (χ4n) is 4.66. The molecule has 0 amide bonds. The third-order valence-electron chi connectivity index (χ3n) is 6.37. The molecule has 3 heterocycles. The maximum Gasteiger partial charge on any atom is 0.339 e. The van der Waals surface area contributed by atoms with Gasteiger partial charge in [-0.15, -0.1) is 0 Å². The molecule has 37 heavy (non-hydrogen) atoms. The number of furan rings is 1. The number of hydrogen-bond acceptors (Lipinski definition) is 7. The van der Waals surface area contributed by atoms with Crippen LogP contribution in [0.3, 0.4) is 0 Å². The highest BCUT2D eigenvalue weighted by molar-refractivity contribution is 6.07. The highest BCUT2D eigenvalue weighted by Gasteiger charge is 2.28. The molecular formula is C29H20N4O4. The smallest absolute Gasteiger partial charge is 0.339 e. The number of esters is 1. The summed E-state index contributed by atoms with van der Waals surface area (Å²) in [7, 11) is 0. The molecule has 6 rings (SSSR count). The second-order valence-corrected chi connectivity index (χ2v) is 8.63. The number of aromatic nitrogens is 3. The highest BCUT2D eigenvalue weighted by atomic mass is 16.5. The van der Waals surface area contributed by atoms with E-state index in [1.165, 1.54) is 0 Å². The molecule has 1 aliphatic rings. The van der Waals surface area contributed by atoms with Crippen molar-refractivity contribution in [2.75, 3.05) is 6.61 Å². The molecule has 8 nitrogen and oxygen atoms in total. The number of aromatic amines is 1. The standard InChI is InChI=1S/C29H20N4O4/c30-15-21(28-32-23-9-3-4-10-24(23)33-28)25(34)16-37-29(35)26-19-7-1-2-8-22(19)31-27-17(11-12-20(26)27)14-18-6-5-13-36-18/h1-10,13-14,34H,11-12,16H2,(H,32,33)/b17-14-,25-21-. The molecule has 3 aromatic heterocycles. The maximum atomic E-state index is 13.4. The molecule has 5 aromatic rings. The summed E-state index contributed by atoms with van der Waals surface area (Å²) in [5, 5.41) is 21.0. The van der Waals surface area contributed by atoms with Crippen LogP contribution in [0, 0.1) is 11.3 Å². The van der Waals surface area contributed by atoms with E-state index in [1.54, 1.807) is 12.3 Å². The van der Waals surface area contributed by atoms with Gasteiger partial charge in [0.1, 0.15) is 24.0 Å². The number of aliphatic hydroxyl groups excluding tert-OH is 1. The van der Waals surface area contributed by atoms with Gasteiger partial charge < -0.3 is 19.2 Å². The summed E-state index contributed by atoms with van der Waals surface area (Å²) in [6, 6.07) is 20.3. The number of fused-ring (bicyclic) bond motifs is 3. The fraction of sp³-hybridized carbons (Fsp3) is 0.103. The Morgan fingerprint density at radius 3 is 2.68 bits per heavy atom. The molecule has 180 valence electrons. The summed E-state index contributed by atoms with van der Waals surface area (Å²) in [6.45, 7) is -0.473. The number of aliphatic hydroxyl groups is 1. The van der Waals surface area contributed by atoms with Crippen LogP contribution in [0.1, 0.15) is 39.6 Å². The van der Waals surface area contributed by atoms with Crippen LogP contribution in [-0.4, -0.2) is 32.6 Å². The third-order valence-corrected chi connectivity index (χ3v) is 6.37. The number of allylic oxidation sites excluding steroid dienone is 2. The lowest BCUT2D eigenvalue weighted by Gasteiger charge is -2.12. The summed E-state index contributed by atoms with van der Waals surface area (Å²) in [4.78, 5) is 25.6. The molecule has 2 N–H and O–H groups in total. The number of nitrogens with one attached hydrogen (secondary N) is 1. The Labute approximate surface area is 211 Å². The van der Waals surface area contributed by atoms with Crippen molar-refractivity contribution >= 4 is 45.1 Å². The summed E-state index contributed by atoms with van der Waals surface area (Å²) in [5.41, 5.74) is 4.89. The third kappa shape index (κ3) is 4.02. The van der Waals surface area contributed by atoms with Gasteiger partial charge in [-0.3, -0.25) is 0 Å². The van der Waals surface area contributed by atoms with Gasteiger partial charge in [-0.25, -0.2) is 14.8 Å². The number of imidazole rings is 1. The molecule has 2 aromatic carbocycles. The minimum atomic E-state index is -0.595. The molecule has 0 saturated heterocycles. The topological polar surface area (TPSA) is 125 Å². The van der Waals surface area contributed by atoms with Crippen molar-refractivity contribution in [1.29, 1.82) is 5.26 Å². The Bertz CT molecular complexity index is 1740. The number of nitrogens with zero attached hydrogens (tertiary/aromatic N) is 3. The summed E-state index contributed by atoms with van der Waals surface area (Å²) < 4.78 is 11.0. The van der Waals surface area contributed by atoms with Gasteiger partial charge in [-0.1, -0.05) is 30.3 Å². The zero-order valence-electron chi connectivity index (χ0n) is 19.6. The van der Waals surface area contributed by atoms with Gasteiger partial charge in [0, 0.05) is 5.39 Å². The van der Waals surface area contributed by atoms with E-state index in [0.29, 0.717) is 40.6 Å². The molecular weight excluding hydrogens is 468 g/mol. The Morgan fingerprint density at radius 1 is 1.08 bits per heavy atom. The van der Waals surface area contributed by atoms with Crippen molar-refractivity contribution in [2.24, 2.45) is 0 Å². The van der Waals surface area contributed by atoms with Crippen LogP contribution in [0.5, 0.6) is 0 Å². The quantitative estimate of drug-likeness (QED) is 0.181. The minimum Gasteiger partial charge on any atom is -0.507 e. The Morgan fingerprint density at radius 2 is 1.89 bits per heavy atom. The predicted molar refractivity (Wildman–Crippen MR) is 138 cm³/mol. The summed E-state index contributed by atoms with van der Waals surface area (Å²) in [5.74, 6) is -0.0577. The number of nitriles is 1. The number of carbonyl (C=O) groups excluding carboxylic acids is 1. The lowest BCUT2D eigenvalue weighted by Crippen LogP contribution is -2.13. The average molecular weight is 489 g/mol. The van der Waals surface area contributed by atoms with E-state index in [1.807, 2.05) is 66.7 Å². The van der Waals surface area contributed by atoms with Gasteiger partial charge in [0.15, 0.2) is 11.6 Å². The number of pyridine rings is 1. The first kappa shape index (κ1) is 22.3. The Hall–Kier alpha value is -5.16. The van der Waals surface area contributed by atoms with Crippen LogP contribution in [-0.2, 0) is 11.2 Å². The van der Waals surface area contributed by atoms with E-state index in [4.69, 9.17) is 14.1 Å². The predicted octanol–water partition coefficient (Wildman–Crippen LogP) is 5.84. The minimum absolute atomic E-state index is 0.0857. The monoisotopic (exact) mass is 488 g/mol. The van der Waals surface area contributed by atoms with E-state index >= 15 is 0 Å². The first-order chi connectivity index (χ1) is 18.1. The number of rotatable bonds is 5. The van der Waals surface area contributed by atoms with Crippen LogP contribution in [0.25, 0.3) is 39.2 Å². The molecule has 0 fully saturated rings. The number of hydrogen-bond donors (Lipinski definition) is 2. The van der Waals surface area contributed by atoms with Crippen molar-refractivity contribution in [3.8, 4) is 6.07 Å². The SMILES string of the molecule is N#C/C(=C(/O)COC(=O)c1c2c(nc3ccccc13)/C(=C\c1ccco1)CC2)c1nc2ccccc2[nH]1. The first-order valence-electron chi connectivity index (χ1n) is 11.7. The number of para-hydroxylation sites is 3. The molecule has 0 saturated carbocycles. The molecule has 0 unspecified atom stereocenters. The van der Waals surface area contributed by atoms with Gasteiger partial charge in [-0.2, -0.15) is 5.26 Å². The zero-order valence-corrected chi connectivity index (χ0v) is 19.6. The van der Waals surface area contributed by atoms with E-state index in [2.05, 4.69) is 9.97 Å². The Balaban J connectivity index is 1.34. The largest absolute Gasteiger partial charge is 0.507 e. The van der Waals surface area contributed by atoms with Crippen LogP contribution in [0.2, 0.25) is 0 Å². The first-order valence-corrected chi connectivity index (χ1v) is 11.7. The van der Waals surface area contributed by atoms with Crippen molar-refractivity contribution in [1.82, 2.24) is 15.0 Å². The van der Waals surface area contributed by atoms with E-state index in [0.717, 1.165) is 22.3 Å². The van der Waals surface area contributed by atoms with Crippen LogP contribution in [0.15, 0.2) is 77.1 Å². The van der Waals surface area contributed by atoms with Crippen LogP contribution >= 0.6 is 0 Å². The van der Waals surface area contributed by atoms with Gasteiger partial charge in [-0.05, 0) is 60.4 Å². The van der Waals surface area contributed by atoms with Crippen molar-refractivity contribution in [2.45, 2.75) is 12.8 Å². The molecule has 0 radical (unpaired) electrons. The van der Waals surface area contributed by atoms with Crippen molar-refractivity contribution in [3.63, 3.8) is 0 Å². The van der Waals surface area contributed by atoms with Crippen molar-refractivity contribution in [3.05, 3.63) is 101 Å². The molecule has 0 bridgehead atoms. The number of carbonyl (C=O) groups is 1. The van der Waals surface area contributed by atoms with Gasteiger partial charge in [0.2, 0.25) is 0 Å².